The smallest absolute Gasteiger partial charge is 0.251 e. The molecule has 0 radical (unpaired) electrons. The lowest BCUT2D eigenvalue weighted by molar-refractivity contribution is 0.0953. The van der Waals surface area contributed by atoms with Crippen LogP contribution in [0.5, 0.6) is 17.2 Å². The number of hydrogen-bond donors (Lipinski definition) is 1. The van der Waals surface area contributed by atoms with Gasteiger partial charge in [0.05, 0.1) is 7.11 Å². The molecule has 0 bridgehead atoms. The van der Waals surface area contributed by atoms with Crippen molar-refractivity contribution in [1.29, 1.82) is 0 Å². The lowest BCUT2D eigenvalue weighted by Gasteiger charge is -2.18. The highest BCUT2D eigenvalue weighted by Gasteiger charge is 2.14. The quantitative estimate of drug-likeness (QED) is 0.921. The molecule has 0 atom stereocenters. The first-order valence-electron chi connectivity index (χ1n) is 7.57. The fourth-order valence-corrected chi connectivity index (χ4v) is 2.43. The molecule has 23 heavy (non-hydrogen) atoms. The minimum absolute atomic E-state index is 0.120. The summed E-state index contributed by atoms with van der Waals surface area (Å²) in [5.41, 5.74) is 1.69. The molecule has 0 aromatic heterocycles. The molecular formula is C18H19NO4. The number of nitrogens with one attached hydrogen (secondary N) is 1. The van der Waals surface area contributed by atoms with Crippen molar-refractivity contribution in [3.8, 4) is 17.2 Å². The van der Waals surface area contributed by atoms with Crippen LogP contribution in [0.15, 0.2) is 42.5 Å². The van der Waals surface area contributed by atoms with E-state index in [1.165, 1.54) is 0 Å². The summed E-state index contributed by atoms with van der Waals surface area (Å²) in [6.07, 6.45) is 0.744. The lowest BCUT2D eigenvalue weighted by atomic mass is 10.1. The van der Waals surface area contributed by atoms with Crippen LogP contribution >= 0.6 is 0 Å². The Balaban J connectivity index is 1.57. The van der Waals surface area contributed by atoms with Gasteiger partial charge in [-0.15, -0.1) is 0 Å². The van der Waals surface area contributed by atoms with Crippen molar-refractivity contribution in [2.75, 3.05) is 26.9 Å². The number of ether oxygens (including phenoxy) is 3. The third kappa shape index (κ3) is 3.74. The minimum atomic E-state index is -0.120. The van der Waals surface area contributed by atoms with Gasteiger partial charge in [0.2, 0.25) is 0 Å². The van der Waals surface area contributed by atoms with E-state index in [0.717, 1.165) is 17.7 Å². The highest BCUT2D eigenvalue weighted by atomic mass is 16.6. The van der Waals surface area contributed by atoms with Gasteiger partial charge < -0.3 is 19.5 Å². The molecule has 120 valence electrons. The van der Waals surface area contributed by atoms with Crippen molar-refractivity contribution in [2.24, 2.45) is 0 Å². The van der Waals surface area contributed by atoms with Crippen LogP contribution in [0.2, 0.25) is 0 Å². The van der Waals surface area contributed by atoms with Crippen molar-refractivity contribution in [1.82, 2.24) is 5.32 Å². The zero-order valence-corrected chi connectivity index (χ0v) is 13.0. The summed E-state index contributed by atoms with van der Waals surface area (Å²) in [5, 5.41) is 2.92. The Bertz CT molecular complexity index is 699. The summed E-state index contributed by atoms with van der Waals surface area (Å²) in [4.78, 5) is 12.2. The maximum atomic E-state index is 12.2. The number of rotatable bonds is 5. The molecule has 5 heteroatoms. The number of fused-ring (bicyclic) bond motifs is 1. The van der Waals surface area contributed by atoms with Crippen LogP contribution in [0.4, 0.5) is 0 Å². The highest BCUT2D eigenvalue weighted by molar-refractivity contribution is 5.94. The van der Waals surface area contributed by atoms with Crippen molar-refractivity contribution >= 4 is 5.91 Å². The SMILES string of the molecule is COc1cccc(CCNC(=O)c2ccc3c(c2)OCCO3)c1. The predicted molar refractivity (Wildman–Crippen MR) is 86.5 cm³/mol. The molecule has 1 aliphatic heterocycles. The molecule has 1 aliphatic rings. The number of benzene rings is 2. The molecule has 3 rings (SSSR count). The average molecular weight is 313 g/mol. The van der Waals surface area contributed by atoms with Crippen molar-refractivity contribution in [2.45, 2.75) is 6.42 Å². The molecule has 1 heterocycles. The third-order valence-corrected chi connectivity index (χ3v) is 3.64. The molecule has 1 N–H and O–H groups in total. The van der Waals surface area contributed by atoms with Crippen LogP contribution in [-0.2, 0) is 6.42 Å². The normalized spacial score (nSPS) is 12.6. The molecule has 0 fully saturated rings. The van der Waals surface area contributed by atoms with E-state index in [1.807, 2.05) is 24.3 Å². The van der Waals surface area contributed by atoms with Crippen LogP contribution in [-0.4, -0.2) is 32.8 Å². The Morgan fingerprint density at radius 2 is 1.96 bits per heavy atom. The van der Waals surface area contributed by atoms with Crippen LogP contribution in [0.25, 0.3) is 0 Å². The zero-order chi connectivity index (χ0) is 16.1. The molecule has 2 aromatic carbocycles. The van der Waals surface area contributed by atoms with Gasteiger partial charge in [0.1, 0.15) is 19.0 Å². The fraction of sp³-hybridized carbons (Fsp3) is 0.278. The van der Waals surface area contributed by atoms with Gasteiger partial charge in [-0.3, -0.25) is 4.79 Å². The Morgan fingerprint density at radius 1 is 1.13 bits per heavy atom. The van der Waals surface area contributed by atoms with Crippen molar-refractivity contribution in [3.05, 3.63) is 53.6 Å². The summed E-state index contributed by atoms with van der Waals surface area (Å²) < 4.78 is 16.1. The topological polar surface area (TPSA) is 56.8 Å². The predicted octanol–water partition coefficient (Wildman–Crippen LogP) is 2.44. The second kappa shape index (κ2) is 7.05. The third-order valence-electron chi connectivity index (χ3n) is 3.64. The van der Waals surface area contributed by atoms with Crippen LogP contribution in [0.3, 0.4) is 0 Å². The van der Waals surface area contributed by atoms with Gasteiger partial charge in [0.25, 0.3) is 5.91 Å². The fourth-order valence-electron chi connectivity index (χ4n) is 2.43. The van der Waals surface area contributed by atoms with Gasteiger partial charge in [0.15, 0.2) is 11.5 Å². The highest BCUT2D eigenvalue weighted by Crippen LogP contribution is 2.30. The summed E-state index contributed by atoms with van der Waals surface area (Å²) in [5.74, 6) is 2.01. The van der Waals surface area contributed by atoms with Gasteiger partial charge in [-0.25, -0.2) is 0 Å². The standard InChI is InChI=1S/C18H19NO4/c1-21-15-4-2-3-13(11-15)7-8-19-18(20)14-5-6-16-17(12-14)23-10-9-22-16/h2-6,11-12H,7-10H2,1H3,(H,19,20). The van der Waals surface area contributed by atoms with E-state index >= 15 is 0 Å². The first-order valence-corrected chi connectivity index (χ1v) is 7.57. The molecular weight excluding hydrogens is 294 g/mol. The van der Waals surface area contributed by atoms with Gasteiger partial charge in [0, 0.05) is 12.1 Å². The number of carbonyl (C=O) groups is 1. The summed E-state index contributed by atoms with van der Waals surface area (Å²) >= 11 is 0. The van der Waals surface area contributed by atoms with E-state index in [0.29, 0.717) is 36.8 Å². The summed E-state index contributed by atoms with van der Waals surface area (Å²) in [6, 6.07) is 13.1. The Morgan fingerprint density at radius 3 is 2.78 bits per heavy atom. The molecule has 0 saturated heterocycles. The van der Waals surface area contributed by atoms with Gasteiger partial charge in [-0.05, 0) is 42.3 Å². The average Bonchev–Trinajstić information content (AvgIpc) is 2.61. The lowest BCUT2D eigenvalue weighted by Crippen LogP contribution is -2.26. The monoisotopic (exact) mass is 313 g/mol. The van der Waals surface area contributed by atoms with Crippen molar-refractivity contribution < 1.29 is 19.0 Å². The minimum Gasteiger partial charge on any atom is -0.497 e. The first-order chi connectivity index (χ1) is 11.3. The molecule has 0 unspecified atom stereocenters. The molecule has 1 amide bonds. The van der Waals surface area contributed by atoms with Gasteiger partial charge >= 0.3 is 0 Å². The Hall–Kier alpha value is -2.69. The van der Waals surface area contributed by atoms with E-state index in [9.17, 15) is 4.79 Å². The number of hydrogen-bond acceptors (Lipinski definition) is 4. The molecule has 0 saturated carbocycles. The first kappa shape index (κ1) is 15.2. The van der Waals surface area contributed by atoms with Gasteiger partial charge in [-0.2, -0.15) is 0 Å². The van der Waals surface area contributed by atoms with Gasteiger partial charge in [-0.1, -0.05) is 12.1 Å². The molecule has 2 aromatic rings. The van der Waals surface area contributed by atoms with E-state index < -0.39 is 0 Å². The second-order valence-corrected chi connectivity index (χ2v) is 5.22. The second-order valence-electron chi connectivity index (χ2n) is 5.22. The number of amides is 1. The maximum Gasteiger partial charge on any atom is 0.251 e. The maximum absolute atomic E-state index is 12.2. The molecule has 0 aliphatic carbocycles. The van der Waals surface area contributed by atoms with Crippen LogP contribution in [0.1, 0.15) is 15.9 Å². The van der Waals surface area contributed by atoms with Crippen molar-refractivity contribution in [3.63, 3.8) is 0 Å². The van der Waals surface area contributed by atoms with Crippen LogP contribution < -0.4 is 19.5 Å². The van der Waals surface area contributed by atoms with E-state index in [-0.39, 0.29) is 5.91 Å². The Kier molecular flexibility index (Phi) is 4.66. The van der Waals surface area contributed by atoms with E-state index in [4.69, 9.17) is 14.2 Å². The van der Waals surface area contributed by atoms with Crippen LogP contribution in [0, 0.1) is 0 Å². The largest absolute Gasteiger partial charge is 0.497 e. The summed E-state index contributed by atoms with van der Waals surface area (Å²) in [7, 11) is 1.64. The zero-order valence-electron chi connectivity index (χ0n) is 13.0. The van der Waals surface area contributed by atoms with E-state index in [2.05, 4.69) is 5.32 Å². The van der Waals surface area contributed by atoms with E-state index in [1.54, 1.807) is 25.3 Å². The summed E-state index contributed by atoms with van der Waals surface area (Å²) in [6.45, 7) is 1.60. The molecule has 5 nitrogen and oxygen atoms in total. The number of methoxy groups -OCH3 is 1. The number of carbonyl (C=O) groups excluding carboxylic acids is 1. The molecule has 0 spiro atoms. The Labute approximate surface area is 135 Å².